The van der Waals surface area contributed by atoms with Crippen LogP contribution in [0.1, 0.15) is 40.5 Å². The summed E-state index contributed by atoms with van der Waals surface area (Å²) in [6, 6.07) is 7.95. The summed E-state index contributed by atoms with van der Waals surface area (Å²) in [6.07, 6.45) is 1.62. The summed E-state index contributed by atoms with van der Waals surface area (Å²) < 4.78 is 0. The van der Waals surface area contributed by atoms with Gasteiger partial charge in [0, 0.05) is 24.0 Å². The van der Waals surface area contributed by atoms with Gasteiger partial charge in [0.2, 0.25) is 5.91 Å². The highest BCUT2D eigenvalue weighted by Gasteiger charge is 2.13. The van der Waals surface area contributed by atoms with Crippen molar-refractivity contribution in [1.29, 1.82) is 0 Å². The minimum Gasteiger partial charge on any atom is -0.369 e. The summed E-state index contributed by atoms with van der Waals surface area (Å²) in [4.78, 5) is 14.1. The molecule has 3 N–H and O–H groups in total. The van der Waals surface area contributed by atoms with Gasteiger partial charge in [0.15, 0.2) is 0 Å². The van der Waals surface area contributed by atoms with Gasteiger partial charge in [-0.3, -0.25) is 4.79 Å². The number of amides is 1. The number of anilines is 2. The van der Waals surface area contributed by atoms with Crippen molar-refractivity contribution in [2.75, 3.05) is 16.8 Å². The Labute approximate surface area is 122 Å². The van der Waals surface area contributed by atoms with Crippen LogP contribution >= 0.6 is 0 Å². The number of rotatable bonds is 7. The molecule has 0 spiro atoms. The fourth-order valence-corrected chi connectivity index (χ4v) is 2.26. The van der Waals surface area contributed by atoms with E-state index < -0.39 is 6.04 Å². The molecule has 1 unspecified atom stereocenters. The van der Waals surface area contributed by atoms with E-state index >= 15 is 0 Å². The second-order valence-corrected chi connectivity index (χ2v) is 5.31. The number of carbonyl (C=O) groups excluding carboxylic acids is 1. The molecule has 1 aromatic carbocycles. The Balaban J connectivity index is 2.69. The molecule has 20 heavy (non-hydrogen) atoms. The van der Waals surface area contributed by atoms with E-state index in [1.807, 2.05) is 31.2 Å². The Bertz CT molecular complexity index is 414. The summed E-state index contributed by atoms with van der Waals surface area (Å²) in [5.41, 5.74) is 7.76. The van der Waals surface area contributed by atoms with E-state index in [1.54, 1.807) is 0 Å². The predicted molar refractivity (Wildman–Crippen MR) is 86.1 cm³/mol. The molecule has 112 valence electrons. The van der Waals surface area contributed by atoms with Crippen molar-refractivity contribution >= 4 is 17.3 Å². The molecule has 0 aliphatic rings. The maximum atomic E-state index is 11.8. The largest absolute Gasteiger partial charge is 0.369 e. The van der Waals surface area contributed by atoms with Crippen LogP contribution in [0, 0.1) is 0 Å². The molecule has 1 atom stereocenters. The Kier molecular flexibility index (Phi) is 6.52. The Morgan fingerprint density at radius 2 is 1.85 bits per heavy atom. The highest BCUT2D eigenvalue weighted by Crippen LogP contribution is 2.20. The highest BCUT2D eigenvalue weighted by molar-refractivity contribution is 5.94. The minimum absolute atomic E-state index is 0.115. The Morgan fingerprint density at radius 1 is 1.25 bits per heavy atom. The topological polar surface area (TPSA) is 58.4 Å². The van der Waals surface area contributed by atoms with Crippen LogP contribution in [0.15, 0.2) is 24.3 Å². The number of hydrogen-bond acceptors (Lipinski definition) is 3. The van der Waals surface area contributed by atoms with Crippen LogP contribution < -0.4 is 16.0 Å². The van der Waals surface area contributed by atoms with Crippen molar-refractivity contribution in [3.05, 3.63) is 24.3 Å². The second kappa shape index (κ2) is 7.90. The van der Waals surface area contributed by atoms with E-state index in [9.17, 15) is 4.79 Å². The lowest BCUT2D eigenvalue weighted by atomic mass is 10.1. The van der Waals surface area contributed by atoms with Crippen LogP contribution in [0.25, 0.3) is 0 Å². The van der Waals surface area contributed by atoms with Crippen LogP contribution in [-0.4, -0.2) is 24.5 Å². The molecule has 0 saturated carbocycles. The first kappa shape index (κ1) is 16.5. The maximum absolute atomic E-state index is 11.8. The number of hydrogen-bond donors (Lipinski definition) is 2. The number of nitrogens with two attached hydrogens (primary N) is 1. The van der Waals surface area contributed by atoms with Gasteiger partial charge in [-0.05, 0) is 51.5 Å². The molecule has 1 rings (SSSR count). The Hall–Kier alpha value is -1.55. The van der Waals surface area contributed by atoms with E-state index in [0.29, 0.717) is 12.5 Å². The normalized spacial score (nSPS) is 12.3. The van der Waals surface area contributed by atoms with Crippen molar-refractivity contribution in [2.45, 2.75) is 52.6 Å². The van der Waals surface area contributed by atoms with Gasteiger partial charge in [0.25, 0.3) is 0 Å². The molecule has 0 fully saturated rings. The average Bonchev–Trinajstić information content (AvgIpc) is 2.41. The van der Waals surface area contributed by atoms with Crippen LogP contribution in [-0.2, 0) is 4.79 Å². The molecule has 0 heterocycles. The number of nitrogens with zero attached hydrogens (tertiary/aromatic N) is 1. The molecule has 0 aliphatic heterocycles. The van der Waals surface area contributed by atoms with E-state index in [0.717, 1.165) is 18.7 Å². The Morgan fingerprint density at radius 3 is 2.30 bits per heavy atom. The van der Waals surface area contributed by atoms with Crippen LogP contribution in [0.5, 0.6) is 0 Å². The third-order valence-electron chi connectivity index (χ3n) is 3.37. The van der Waals surface area contributed by atoms with Crippen molar-refractivity contribution in [1.82, 2.24) is 0 Å². The smallest absolute Gasteiger partial charge is 0.241 e. The average molecular weight is 277 g/mol. The standard InChI is InChI=1S/C16H27N3O/c1-5-7-15(17)16(20)18-13-8-10-14(11-9-13)19(6-2)12(3)4/h8-12,15H,5-7,17H2,1-4H3,(H,18,20). The lowest BCUT2D eigenvalue weighted by Crippen LogP contribution is -2.35. The van der Waals surface area contributed by atoms with Crippen molar-refractivity contribution in [3.8, 4) is 0 Å². The maximum Gasteiger partial charge on any atom is 0.241 e. The predicted octanol–water partition coefficient (Wildman–Crippen LogP) is 2.99. The molecule has 0 radical (unpaired) electrons. The van der Waals surface area contributed by atoms with Gasteiger partial charge in [-0.15, -0.1) is 0 Å². The van der Waals surface area contributed by atoms with Crippen molar-refractivity contribution < 1.29 is 4.79 Å². The summed E-state index contributed by atoms with van der Waals surface area (Å²) in [6.45, 7) is 9.46. The molecule has 0 aromatic heterocycles. The minimum atomic E-state index is -0.428. The summed E-state index contributed by atoms with van der Waals surface area (Å²) >= 11 is 0. The SMILES string of the molecule is CCCC(N)C(=O)Nc1ccc(N(CC)C(C)C)cc1. The molecular formula is C16H27N3O. The van der Waals surface area contributed by atoms with Gasteiger partial charge < -0.3 is 16.0 Å². The first-order valence-electron chi connectivity index (χ1n) is 7.42. The zero-order chi connectivity index (χ0) is 15.1. The molecule has 0 aliphatic carbocycles. The van der Waals surface area contributed by atoms with Crippen LogP contribution in [0.4, 0.5) is 11.4 Å². The molecule has 4 nitrogen and oxygen atoms in total. The van der Waals surface area contributed by atoms with Crippen LogP contribution in [0.3, 0.4) is 0 Å². The molecule has 0 bridgehead atoms. The highest BCUT2D eigenvalue weighted by atomic mass is 16.2. The molecular weight excluding hydrogens is 250 g/mol. The third-order valence-corrected chi connectivity index (χ3v) is 3.37. The van der Waals surface area contributed by atoms with E-state index in [2.05, 4.69) is 31.0 Å². The van der Waals surface area contributed by atoms with Gasteiger partial charge in [0.1, 0.15) is 0 Å². The van der Waals surface area contributed by atoms with E-state index in [1.165, 1.54) is 5.69 Å². The lowest BCUT2D eigenvalue weighted by Gasteiger charge is -2.27. The summed E-state index contributed by atoms with van der Waals surface area (Å²) in [5, 5.41) is 2.86. The first-order chi connectivity index (χ1) is 9.49. The number of benzene rings is 1. The van der Waals surface area contributed by atoms with Gasteiger partial charge in [0.05, 0.1) is 6.04 Å². The molecule has 0 saturated heterocycles. The quantitative estimate of drug-likeness (QED) is 0.805. The molecule has 1 aromatic rings. The zero-order valence-corrected chi connectivity index (χ0v) is 13.0. The van der Waals surface area contributed by atoms with E-state index in [4.69, 9.17) is 5.73 Å². The van der Waals surface area contributed by atoms with Crippen LogP contribution in [0.2, 0.25) is 0 Å². The van der Waals surface area contributed by atoms with Gasteiger partial charge >= 0.3 is 0 Å². The first-order valence-corrected chi connectivity index (χ1v) is 7.42. The number of carbonyl (C=O) groups is 1. The second-order valence-electron chi connectivity index (χ2n) is 5.31. The van der Waals surface area contributed by atoms with E-state index in [-0.39, 0.29) is 5.91 Å². The fourth-order valence-electron chi connectivity index (χ4n) is 2.26. The van der Waals surface area contributed by atoms with Crippen molar-refractivity contribution in [2.24, 2.45) is 5.73 Å². The fraction of sp³-hybridized carbons (Fsp3) is 0.562. The molecule has 1 amide bonds. The number of nitrogens with one attached hydrogen (secondary N) is 1. The molecule has 4 heteroatoms. The monoisotopic (exact) mass is 277 g/mol. The van der Waals surface area contributed by atoms with Gasteiger partial charge in [-0.2, -0.15) is 0 Å². The van der Waals surface area contributed by atoms with Gasteiger partial charge in [-0.25, -0.2) is 0 Å². The zero-order valence-electron chi connectivity index (χ0n) is 13.0. The van der Waals surface area contributed by atoms with Gasteiger partial charge in [-0.1, -0.05) is 13.3 Å². The third kappa shape index (κ3) is 4.53. The summed E-state index contributed by atoms with van der Waals surface area (Å²) in [5.74, 6) is -0.115. The lowest BCUT2D eigenvalue weighted by molar-refractivity contribution is -0.117. The van der Waals surface area contributed by atoms with Crippen molar-refractivity contribution in [3.63, 3.8) is 0 Å². The summed E-state index contributed by atoms with van der Waals surface area (Å²) in [7, 11) is 0.